The first-order chi connectivity index (χ1) is 16.8. The second kappa shape index (κ2) is 10.5. The van der Waals surface area contributed by atoms with Crippen molar-refractivity contribution >= 4 is 17.7 Å². The lowest BCUT2D eigenvalue weighted by Gasteiger charge is -2.28. The van der Waals surface area contributed by atoms with E-state index in [4.69, 9.17) is 4.74 Å². The van der Waals surface area contributed by atoms with Gasteiger partial charge in [-0.3, -0.25) is 9.69 Å². The van der Waals surface area contributed by atoms with E-state index >= 15 is 0 Å². The van der Waals surface area contributed by atoms with E-state index in [0.29, 0.717) is 18.7 Å². The number of amides is 2. The fraction of sp³-hybridized carbons (Fsp3) is 0.267. The van der Waals surface area contributed by atoms with Gasteiger partial charge >= 0.3 is 6.09 Å². The van der Waals surface area contributed by atoms with E-state index in [1.165, 1.54) is 4.90 Å². The molecule has 0 unspecified atom stereocenters. The Bertz CT molecular complexity index is 1250. The fourth-order valence-electron chi connectivity index (χ4n) is 4.04. The van der Waals surface area contributed by atoms with Crippen LogP contribution in [-0.2, 0) is 9.53 Å². The Kier molecular flexibility index (Phi) is 7.22. The van der Waals surface area contributed by atoms with E-state index in [1.54, 1.807) is 0 Å². The number of hydrogen-bond donors (Lipinski definition) is 1. The number of benzene rings is 3. The van der Waals surface area contributed by atoms with Gasteiger partial charge in [0, 0.05) is 23.4 Å². The molecule has 3 aromatic rings. The van der Waals surface area contributed by atoms with Crippen molar-refractivity contribution in [2.24, 2.45) is 0 Å². The molecule has 1 saturated heterocycles. The summed E-state index contributed by atoms with van der Waals surface area (Å²) in [6, 6.07) is 25.2. The molecule has 1 heterocycles. The van der Waals surface area contributed by atoms with Crippen molar-refractivity contribution < 1.29 is 14.3 Å². The van der Waals surface area contributed by atoms with Crippen LogP contribution in [0.2, 0.25) is 0 Å². The lowest BCUT2D eigenvalue weighted by atomic mass is 10.00. The zero-order valence-electron chi connectivity index (χ0n) is 20.4. The molecular weight excluding hydrogens is 436 g/mol. The molecule has 1 aliphatic rings. The van der Waals surface area contributed by atoms with Gasteiger partial charge in [0.25, 0.3) is 0 Å². The number of ether oxygens (including phenoxy) is 1. The van der Waals surface area contributed by atoms with Crippen molar-refractivity contribution in [1.82, 2.24) is 4.90 Å². The van der Waals surface area contributed by atoms with Gasteiger partial charge in [-0.25, -0.2) is 4.79 Å². The Morgan fingerprint density at radius 3 is 2.31 bits per heavy atom. The summed E-state index contributed by atoms with van der Waals surface area (Å²) in [5.41, 5.74) is 4.10. The standard InChI is InChI=1S/C30H30N2O3/c1-30(2,3)35-29(34)32-21-9-14-27(32)28(33)31-25-19-16-22(17-20-25)15-18-24-12-7-8-13-26(24)23-10-5-4-6-11-23/h4-8,10-13,16-17,19-20,27H,9,14,21H2,1-3H3,(H,31,33)/t27-/m1/s1. The van der Waals surface area contributed by atoms with Gasteiger partial charge in [-0.2, -0.15) is 0 Å². The molecule has 0 bridgehead atoms. The van der Waals surface area contributed by atoms with Crippen LogP contribution in [0.25, 0.3) is 11.1 Å². The van der Waals surface area contributed by atoms with E-state index in [1.807, 2.05) is 81.4 Å². The molecule has 2 amide bonds. The Morgan fingerprint density at radius 2 is 1.60 bits per heavy atom. The third-order valence-electron chi connectivity index (χ3n) is 5.69. The van der Waals surface area contributed by atoms with Crippen LogP contribution in [0.4, 0.5) is 10.5 Å². The molecule has 178 valence electrons. The molecule has 4 rings (SSSR count). The smallest absolute Gasteiger partial charge is 0.410 e. The van der Waals surface area contributed by atoms with Crippen molar-refractivity contribution in [2.75, 3.05) is 11.9 Å². The molecule has 1 atom stereocenters. The highest BCUT2D eigenvalue weighted by Crippen LogP contribution is 2.24. The predicted octanol–water partition coefficient (Wildman–Crippen LogP) is 6.09. The van der Waals surface area contributed by atoms with Crippen LogP contribution in [0, 0.1) is 11.8 Å². The van der Waals surface area contributed by atoms with Gasteiger partial charge in [0.05, 0.1) is 0 Å². The van der Waals surface area contributed by atoms with Crippen LogP contribution in [0.1, 0.15) is 44.7 Å². The Balaban J connectivity index is 1.43. The second-order valence-corrected chi connectivity index (χ2v) is 9.56. The number of carbonyl (C=O) groups is 2. The minimum absolute atomic E-state index is 0.205. The first-order valence-electron chi connectivity index (χ1n) is 11.9. The summed E-state index contributed by atoms with van der Waals surface area (Å²) < 4.78 is 5.46. The highest BCUT2D eigenvalue weighted by Gasteiger charge is 2.36. The fourth-order valence-corrected chi connectivity index (χ4v) is 4.04. The summed E-state index contributed by atoms with van der Waals surface area (Å²) in [6.07, 6.45) is 0.947. The number of nitrogens with zero attached hydrogens (tertiary/aromatic N) is 1. The van der Waals surface area contributed by atoms with Crippen molar-refractivity contribution in [3.05, 3.63) is 90.0 Å². The average Bonchev–Trinajstić information content (AvgIpc) is 3.34. The first-order valence-corrected chi connectivity index (χ1v) is 11.9. The minimum Gasteiger partial charge on any atom is -0.444 e. The van der Waals surface area contributed by atoms with Crippen LogP contribution in [0.5, 0.6) is 0 Å². The molecule has 0 saturated carbocycles. The van der Waals surface area contributed by atoms with Crippen LogP contribution in [0.15, 0.2) is 78.9 Å². The van der Waals surface area contributed by atoms with E-state index in [9.17, 15) is 9.59 Å². The van der Waals surface area contributed by atoms with E-state index in [2.05, 4.69) is 35.4 Å². The maximum absolute atomic E-state index is 12.9. The predicted molar refractivity (Wildman–Crippen MR) is 139 cm³/mol. The van der Waals surface area contributed by atoms with E-state index in [-0.39, 0.29) is 5.91 Å². The normalized spacial score (nSPS) is 15.2. The number of likely N-dealkylation sites (tertiary alicyclic amines) is 1. The molecule has 0 aromatic heterocycles. The van der Waals surface area contributed by atoms with Crippen molar-refractivity contribution in [2.45, 2.75) is 45.3 Å². The summed E-state index contributed by atoms with van der Waals surface area (Å²) in [4.78, 5) is 26.9. The average molecular weight is 467 g/mol. The third kappa shape index (κ3) is 6.30. The lowest BCUT2D eigenvalue weighted by Crippen LogP contribution is -2.45. The molecule has 1 N–H and O–H groups in total. The van der Waals surface area contributed by atoms with Gasteiger partial charge in [-0.15, -0.1) is 0 Å². The van der Waals surface area contributed by atoms with Gasteiger partial charge in [-0.05, 0) is 75.1 Å². The molecule has 1 aliphatic heterocycles. The van der Waals surface area contributed by atoms with Crippen LogP contribution in [-0.4, -0.2) is 35.1 Å². The molecule has 0 aliphatic carbocycles. The van der Waals surface area contributed by atoms with E-state index in [0.717, 1.165) is 28.7 Å². The number of rotatable bonds is 3. The van der Waals surface area contributed by atoms with Crippen LogP contribution in [0.3, 0.4) is 0 Å². The number of nitrogens with one attached hydrogen (secondary N) is 1. The van der Waals surface area contributed by atoms with Crippen molar-refractivity contribution in [1.29, 1.82) is 0 Å². The quantitative estimate of drug-likeness (QED) is 0.475. The Hall–Kier alpha value is -4.04. The van der Waals surface area contributed by atoms with Crippen molar-refractivity contribution in [3.63, 3.8) is 0 Å². The zero-order chi connectivity index (χ0) is 24.8. The summed E-state index contributed by atoms with van der Waals surface area (Å²) in [7, 11) is 0. The molecule has 1 fully saturated rings. The maximum Gasteiger partial charge on any atom is 0.410 e. The third-order valence-corrected chi connectivity index (χ3v) is 5.69. The molecule has 0 spiro atoms. The Labute approximate surface area is 207 Å². The van der Waals surface area contributed by atoms with Crippen LogP contribution >= 0.6 is 0 Å². The van der Waals surface area contributed by atoms with E-state index < -0.39 is 17.7 Å². The highest BCUT2D eigenvalue weighted by molar-refractivity contribution is 5.97. The van der Waals surface area contributed by atoms with Gasteiger partial charge in [0.15, 0.2) is 0 Å². The lowest BCUT2D eigenvalue weighted by molar-refractivity contribution is -0.120. The monoisotopic (exact) mass is 466 g/mol. The SMILES string of the molecule is CC(C)(C)OC(=O)N1CCC[C@@H]1C(=O)Nc1ccc(C#Cc2ccccc2-c2ccccc2)cc1. The van der Waals surface area contributed by atoms with Gasteiger partial charge in [0.1, 0.15) is 11.6 Å². The zero-order valence-corrected chi connectivity index (χ0v) is 20.4. The minimum atomic E-state index is -0.598. The summed E-state index contributed by atoms with van der Waals surface area (Å²) in [6.45, 7) is 5.98. The van der Waals surface area contributed by atoms with Crippen molar-refractivity contribution in [3.8, 4) is 23.0 Å². The highest BCUT2D eigenvalue weighted by atomic mass is 16.6. The van der Waals surface area contributed by atoms with Gasteiger partial charge in [0.2, 0.25) is 5.91 Å². The number of carbonyl (C=O) groups excluding carboxylic acids is 2. The topological polar surface area (TPSA) is 58.6 Å². The molecular formula is C30H30N2O3. The molecule has 35 heavy (non-hydrogen) atoms. The molecule has 5 nitrogen and oxygen atoms in total. The first kappa shape index (κ1) is 24.1. The molecule has 3 aromatic carbocycles. The maximum atomic E-state index is 12.9. The summed E-state index contributed by atoms with van der Waals surface area (Å²) in [5.74, 6) is 6.29. The number of anilines is 1. The molecule has 0 radical (unpaired) electrons. The van der Waals surface area contributed by atoms with Gasteiger partial charge < -0.3 is 10.1 Å². The molecule has 5 heteroatoms. The van der Waals surface area contributed by atoms with Crippen LogP contribution < -0.4 is 5.32 Å². The van der Waals surface area contributed by atoms with Gasteiger partial charge in [-0.1, -0.05) is 60.4 Å². The summed E-state index contributed by atoms with van der Waals surface area (Å²) >= 11 is 0. The summed E-state index contributed by atoms with van der Waals surface area (Å²) in [5, 5.41) is 2.93. The largest absolute Gasteiger partial charge is 0.444 e. The Morgan fingerprint density at radius 1 is 0.914 bits per heavy atom. The second-order valence-electron chi connectivity index (χ2n) is 9.56. The number of hydrogen-bond acceptors (Lipinski definition) is 3.